The van der Waals surface area contributed by atoms with Crippen LogP contribution in [0.15, 0.2) is 24.3 Å². The Bertz CT molecular complexity index is 675. The fraction of sp³-hybridized carbons (Fsp3) is 0.467. The van der Waals surface area contributed by atoms with Gasteiger partial charge in [0.15, 0.2) is 0 Å². The second kappa shape index (κ2) is 7.10. The molecule has 7 nitrogen and oxygen atoms in total. The smallest absolute Gasteiger partial charge is 0.335 e. The Hall–Kier alpha value is -1.93. The number of carbonyl (C=O) groups is 2. The van der Waals surface area contributed by atoms with Crippen molar-refractivity contribution in [3.63, 3.8) is 0 Å². The van der Waals surface area contributed by atoms with Gasteiger partial charge in [-0.2, -0.15) is 0 Å². The molecule has 1 amide bonds. The number of sulfonamides is 1. The molecule has 1 aromatic carbocycles. The molecule has 0 saturated carbocycles. The highest BCUT2D eigenvalue weighted by molar-refractivity contribution is 7.88. The lowest BCUT2D eigenvalue weighted by atomic mass is 9.87. The molecule has 0 aromatic heterocycles. The van der Waals surface area contributed by atoms with Crippen LogP contribution in [0.4, 0.5) is 0 Å². The van der Waals surface area contributed by atoms with Gasteiger partial charge in [-0.05, 0) is 23.1 Å². The minimum Gasteiger partial charge on any atom is -0.478 e. The standard InChI is InChI=1S/C15H22N2O5S/c1-15(2,3)12(17-23(4,21)22)13(18)16-9-10-5-7-11(8-6-10)14(19)20/h5-8,12,17H,9H2,1-4H3,(H,16,18)(H,19,20). The summed E-state index contributed by atoms with van der Waals surface area (Å²) in [7, 11) is -3.53. The molecule has 1 aromatic rings. The highest BCUT2D eigenvalue weighted by Gasteiger charge is 2.33. The number of rotatable bonds is 6. The summed E-state index contributed by atoms with van der Waals surface area (Å²) in [5.41, 5.74) is 0.280. The first-order valence-electron chi connectivity index (χ1n) is 6.97. The first-order chi connectivity index (χ1) is 10.4. The van der Waals surface area contributed by atoms with Crippen molar-refractivity contribution < 1.29 is 23.1 Å². The fourth-order valence-corrected chi connectivity index (χ4v) is 2.78. The van der Waals surface area contributed by atoms with Gasteiger partial charge in [0, 0.05) is 6.54 Å². The molecular weight excluding hydrogens is 320 g/mol. The number of carboxylic acids is 1. The Balaban J connectivity index is 2.77. The SMILES string of the molecule is CC(C)(C)C(NS(C)(=O)=O)C(=O)NCc1ccc(C(=O)O)cc1. The summed E-state index contributed by atoms with van der Waals surface area (Å²) in [6.07, 6.45) is 1.00. The van der Waals surface area contributed by atoms with Crippen LogP contribution in [0.1, 0.15) is 36.7 Å². The molecular formula is C15H22N2O5S. The van der Waals surface area contributed by atoms with Crippen LogP contribution in [0.2, 0.25) is 0 Å². The van der Waals surface area contributed by atoms with Crippen molar-refractivity contribution in [2.75, 3.05) is 6.26 Å². The van der Waals surface area contributed by atoms with Crippen LogP contribution in [-0.4, -0.2) is 37.7 Å². The van der Waals surface area contributed by atoms with Gasteiger partial charge in [-0.1, -0.05) is 32.9 Å². The highest BCUT2D eigenvalue weighted by Crippen LogP contribution is 2.20. The first-order valence-corrected chi connectivity index (χ1v) is 8.86. The second-order valence-corrected chi connectivity index (χ2v) is 8.19. The van der Waals surface area contributed by atoms with Crippen LogP contribution >= 0.6 is 0 Å². The van der Waals surface area contributed by atoms with Gasteiger partial charge in [-0.25, -0.2) is 17.9 Å². The second-order valence-electron chi connectivity index (χ2n) is 6.41. The molecule has 1 unspecified atom stereocenters. The third-order valence-electron chi connectivity index (χ3n) is 3.13. The lowest BCUT2D eigenvalue weighted by molar-refractivity contribution is -0.125. The summed E-state index contributed by atoms with van der Waals surface area (Å²) in [6, 6.07) is 5.18. The monoisotopic (exact) mass is 342 g/mol. The first kappa shape index (κ1) is 19.1. The largest absolute Gasteiger partial charge is 0.478 e. The number of hydrogen-bond donors (Lipinski definition) is 3. The number of nitrogens with one attached hydrogen (secondary N) is 2. The third-order valence-corrected chi connectivity index (χ3v) is 3.79. The van der Waals surface area contributed by atoms with Crippen molar-refractivity contribution in [1.82, 2.24) is 10.0 Å². The molecule has 0 saturated heterocycles. The Labute approximate surface area is 136 Å². The Morgan fingerprint density at radius 2 is 1.70 bits per heavy atom. The number of carboxylic acid groups (broad SMARTS) is 1. The van der Waals surface area contributed by atoms with Gasteiger partial charge in [-0.15, -0.1) is 0 Å². The van der Waals surface area contributed by atoms with Crippen LogP contribution in [0.25, 0.3) is 0 Å². The Morgan fingerprint density at radius 3 is 2.09 bits per heavy atom. The van der Waals surface area contributed by atoms with Gasteiger partial charge in [0.05, 0.1) is 11.8 Å². The van der Waals surface area contributed by atoms with E-state index in [0.717, 1.165) is 11.8 Å². The number of hydrogen-bond acceptors (Lipinski definition) is 4. The van der Waals surface area contributed by atoms with E-state index in [1.807, 2.05) is 0 Å². The highest BCUT2D eigenvalue weighted by atomic mass is 32.2. The zero-order valence-corrected chi connectivity index (χ0v) is 14.4. The molecule has 1 rings (SSSR count). The normalized spacial score (nSPS) is 13.4. The average Bonchev–Trinajstić information content (AvgIpc) is 2.40. The van der Waals surface area contributed by atoms with Crippen LogP contribution in [0.3, 0.4) is 0 Å². The van der Waals surface area contributed by atoms with E-state index in [1.165, 1.54) is 12.1 Å². The third kappa shape index (κ3) is 6.37. The minimum absolute atomic E-state index is 0.159. The predicted molar refractivity (Wildman–Crippen MR) is 86.5 cm³/mol. The van der Waals surface area contributed by atoms with Crippen LogP contribution in [0, 0.1) is 5.41 Å². The lowest BCUT2D eigenvalue weighted by Gasteiger charge is -2.29. The average molecular weight is 342 g/mol. The molecule has 0 spiro atoms. The van der Waals surface area contributed by atoms with Crippen molar-refractivity contribution in [3.05, 3.63) is 35.4 Å². The topological polar surface area (TPSA) is 113 Å². The minimum atomic E-state index is -3.53. The zero-order chi connectivity index (χ0) is 17.8. The van der Waals surface area contributed by atoms with Gasteiger partial charge in [-0.3, -0.25) is 4.79 Å². The predicted octanol–water partition coefficient (Wildman–Crippen LogP) is 0.965. The maximum atomic E-state index is 12.3. The molecule has 0 bridgehead atoms. The number of carbonyl (C=O) groups excluding carboxylic acids is 1. The van der Waals surface area contributed by atoms with Gasteiger partial charge >= 0.3 is 5.97 Å². The number of amides is 1. The summed E-state index contributed by atoms with van der Waals surface area (Å²) in [5.74, 6) is -1.46. The van der Waals surface area contributed by atoms with E-state index in [1.54, 1.807) is 32.9 Å². The van der Waals surface area contributed by atoms with E-state index in [0.29, 0.717) is 0 Å². The quantitative estimate of drug-likeness (QED) is 0.713. The molecule has 8 heteroatoms. The molecule has 0 aliphatic rings. The maximum absolute atomic E-state index is 12.3. The molecule has 23 heavy (non-hydrogen) atoms. The summed E-state index contributed by atoms with van der Waals surface area (Å²) >= 11 is 0. The molecule has 0 radical (unpaired) electrons. The van der Waals surface area contributed by atoms with E-state index in [4.69, 9.17) is 5.11 Å². The lowest BCUT2D eigenvalue weighted by Crippen LogP contribution is -2.53. The molecule has 3 N–H and O–H groups in total. The van der Waals surface area contributed by atoms with Crippen molar-refractivity contribution in [2.24, 2.45) is 5.41 Å². The van der Waals surface area contributed by atoms with Crippen LogP contribution in [0.5, 0.6) is 0 Å². The van der Waals surface area contributed by atoms with E-state index in [-0.39, 0.29) is 12.1 Å². The molecule has 128 valence electrons. The number of benzene rings is 1. The summed E-state index contributed by atoms with van der Waals surface area (Å²) < 4.78 is 25.2. The van der Waals surface area contributed by atoms with Gasteiger partial charge in [0.25, 0.3) is 0 Å². The van der Waals surface area contributed by atoms with Crippen LogP contribution in [-0.2, 0) is 21.4 Å². The van der Waals surface area contributed by atoms with E-state index < -0.39 is 33.4 Å². The van der Waals surface area contributed by atoms with Gasteiger partial charge in [0.2, 0.25) is 15.9 Å². The van der Waals surface area contributed by atoms with Gasteiger partial charge < -0.3 is 10.4 Å². The molecule has 0 aliphatic heterocycles. The summed E-state index contributed by atoms with van der Waals surface area (Å²) in [5, 5.41) is 11.5. The van der Waals surface area contributed by atoms with E-state index in [2.05, 4.69) is 10.0 Å². The van der Waals surface area contributed by atoms with Crippen molar-refractivity contribution >= 4 is 21.9 Å². The number of aromatic carboxylic acids is 1. The Morgan fingerprint density at radius 1 is 1.17 bits per heavy atom. The maximum Gasteiger partial charge on any atom is 0.335 e. The van der Waals surface area contributed by atoms with Crippen molar-refractivity contribution in [2.45, 2.75) is 33.4 Å². The van der Waals surface area contributed by atoms with Crippen molar-refractivity contribution in [1.29, 1.82) is 0 Å². The van der Waals surface area contributed by atoms with Gasteiger partial charge in [0.1, 0.15) is 6.04 Å². The molecule has 0 fully saturated rings. The summed E-state index contributed by atoms with van der Waals surface area (Å²) in [6.45, 7) is 5.46. The molecule has 1 atom stereocenters. The van der Waals surface area contributed by atoms with Crippen molar-refractivity contribution in [3.8, 4) is 0 Å². The molecule has 0 aliphatic carbocycles. The van der Waals surface area contributed by atoms with E-state index >= 15 is 0 Å². The van der Waals surface area contributed by atoms with E-state index in [9.17, 15) is 18.0 Å². The Kier molecular flexibility index (Phi) is 5.90. The summed E-state index contributed by atoms with van der Waals surface area (Å²) in [4.78, 5) is 23.1. The fourth-order valence-electron chi connectivity index (χ4n) is 1.89. The zero-order valence-electron chi connectivity index (χ0n) is 13.6. The molecule has 0 heterocycles. The van der Waals surface area contributed by atoms with Crippen LogP contribution < -0.4 is 10.0 Å².